The highest BCUT2D eigenvalue weighted by Crippen LogP contribution is 2.04. The third-order valence-corrected chi connectivity index (χ3v) is 5.34. The number of H-pyrrole nitrogens is 1. The highest BCUT2D eigenvalue weighted by atomic mass is 32.2. The third-order valence-electron chi connectivity index (χ3n) is 4.69. The number of aliphatic carboxylic acids is 1. The van der Waals surface area contributed by atoms with E-state index in [1.54, 1.807) is 6.26 Å². The van der Waals surface area contributed by atoms with Crippen molar-refractivity contribution < 1.29 is 34.2 Å². The van der Waals surface area contributed by atoms with Gasteiger partial charge in [0.05, 0.1) is 19.0 Å². The molecule has 0 radical (unpaired) electrons. The zero-order valence-corrected chi connectivity index (χ0v) is 19.5. The van der Waals surface area contributed by atoms with E-state index in [-0.39, 0.29) is 25.7 Å². The Morgan fingerprint density at radius 3 is 2.21 bits per heavy atom. The number of nitrogens with one attached hydrogen (secondary N) is 4. The fourth-order valence-electron chi connectivity index (χ4n) is 2.76. The number of aliphatic hydroxyl groups is 1. The predicted octanol–water partition coefficient (Wildman–Crippen LogP) is -3.17. The first-order valence-corrected chi connectivity index (χ1v) is 11.7. The smallest absolute Gasteiger partial charge is 0.326 e. The van der Waals surface area contributed by atoms with Gasteiger partial charge in [-0.05, 0) is 24.9 Å². The van der Waals surface area contributed by atoms with Gasteiger partial charge < -0.3 is 42.6 Å². The number of primary amides is 1. The Morgan fingerprint density at radius 2 is 1.68 bits per heavy atom. The standard InChI is InChI=1S/C19H31N7O7S/c1-34-5-4-12(19(32)33)24-18(31)14(8-27)26-17(30)13(6-10-7-22-9-23-10)25-16(29)11(20)2-3-15(21)28/h7,9,11-14,27H,2-6,8,20H2,1H3,(H2,21,28)(H,22,23)(H,24,31)(H,25,29)(H,26,30)(H,32,33). The second-order valence-electron chi connectivity index (χ2n) is 7.38. The number of aliphatic hydroxyl groups excluding tert-OH is 1. The average Bonchev–Trinajstić information content (AvgIpc) is 3.30. The number of thioether (sulfide) groups is 1. The molecule has 0 bridgehead atoms. The van der Waals surface area contributed by atoms with Gasteiger partial charge in [0, 0.05) is 24.7 Å². The van der Waals surface area contributed by atoms with E-state index in [1.165, 1.54) is 24.3 Å². The lowest BCUT2D eigenvalue weighted by Crippen LogP contribution is -2.58. The molecule has 1 aromatic heterocycles. The van der Waals surface area contributed by atoms with Gasteiger partial charge in [-0.1, -0.05) is 0 Å². The van der Waals surface area contributed by atoms with Crippen LogP contribution in [0.2, 0.25) is 0 Å². The number of aromatic nitrogens is 2. The Balaban J connectivity index is 2.89. The lowest BCUT2D eigenvalue weighted by molar-refractivity contribution is -0.142. The fraction of sp³-hybridized carbons (Fsp3) is 0.579. The maximum Gasteiger partial charge on any atom is 0.326 e. The largest absolute Gasteiger partial charge is 0.480 e. The van der Waals surface area contributed by atoms with Crippen molar-refractivity contribution in [2.24, 2.45) is 11.5 Å². The van der Waals surface area contributed by atoms with Gasteiger partial charge in [-0.15, -0.1) is 0 Å². The van der Waals surface area contributed by atoms with Crippen molar-refractivity contribution >= 4 is 41.4 Å². The molecule has 0 aliphatic carbocycles. The maximum absolute atomic E-state index is 12.9. The van der Waals surface area contributed by atoms with Crippen LogP contribution in [0.4, 0.5) is 0 Å². The van der Waals surface area contributed by atoms with Crippen LogP contribution in [0.5, 0.6) is 0 Å². The summed E-state index contributed by atoms with van der Waals surface area (Å²) >= 11 is 1.40. The van der Waals surface area contributed by atoms with Gasteiger partial charge in [0.25, 0.3) is 0 Å². The summed E-state index contributed by atoms with van der Waals surface area (Å²) in [7, 11) is 0. The van der Waals surface area contributed by atoms with Crippen molar-refractivity contribution in [2.75, 3.05) is 18.6 Å². The molecular formula is C19H31N7O7S. The number of carboxylic acids is 1. The summed E-state index contributed by atoms with van der Waals surface area (Å²) in [5.41, 5.74) is 11.3. The van der Waals surface area contributed by atoms with Gasteiger partial charge in [-0.25, -0.2) is 9.78 Å². The number of hydrogen-bond acceptors (Lipinski definition) is 9. The lowest BCUT2D eigenvalue weighted by Gasteiger charge is -2.24. The third kappa shape index (κ3) is 10.2. The van der Waals surface area contributed by atoms with Crippen molar-refractivity contribution in [3.8, 4) is 0 Å². The average molecular weight is 502 g/mol. The number of aromatic amines is 1. The normalized spacial score (nSPS) is 14.3. The van der Waals surface area contributed by atoms with E-state index in [0.717, 1.165) is 0 Å². The minimum Gasteiger partial charge on any atom is -0.480 e. The molecule has 0 saturated heterocycles. The van der Waals surface area contributed by atoms with Gasteiger partial charge in [0.15, 0.2) is 0 Å². The Hall–Kier alpha value is -3.17. The van der Waals surface area contributed by atoms with Crippen LogP contribution in [0.3, 0.4) is 0 Å². The van der Waals surface area contributed by atoms with Crippen LogP contribution in [0.15, 0.2) is 12.5 Å². The second kappa shape index (κ2) is 14.9. The van der Waals surface area contributed by atoms with E-state index >= 15 is 0 Å². The topological polar surface area (TPSA) is 243 Å². The van der Waals surface area contributed by atoms with Crippen LogP contribution in [-0.2, 0) is 30.4 Å². The number of carbonyl (C=O) groups is 5. The van der Waals surface area contributed by atoms with Crippen molar-refractivity contribution in [3.05, 3.63) is 18.2 Å². The van der Waals surface area contributed by atoms with Crippen LogP contribution < -0.4 is 27.4 Å². The summed E-state index contributed by atoms with van der Waals surface area (Å²) in [6.07, 6.45) is 4.52. The first-order valence-electron chi connectivity index (χ1n) is 10.3. The number of imidazole rings is 1. The molecule has 4 atom stereocenters. The van der Waals surface area contributed by atoms with Crippen LogP contribution >= 0.6 is 11.8 Å². The monoisotopic (exact) mass is 501 g/mol. The minimum absolute atomic E-state index is 0.0339. The molecule has 14 nitrogen and oxygen atoms in total. The van der Waals surface area contributed by atoms with Gasteiger partial charge in [0.2, 0.25) is 23.6 Å². The molecule has 4 unspecified atom stereocenters. The summed E-state index contributed by atoms with van der Waals surface area (Å²) in [5, 5.41) is 25.9. The zero-order chi connectivity index (χ0) is 25.7. The molecule has 1 aromatic rings. The zero-order valence-electron chi connectivity index (χ0n) is 18.7. The second-order valence-corrected chi connectivity index (χ2v) is 8.36. The fourth-order valence-corrected chi connectivity index (χ4v) is 3.24. The van der Waals surface area contributed by atoms with E-state index in [1.807, 2.05) is 0 Å². The number of nitrogens with zero attached hydrogens (tertiary/aromatic N) is 1. The van der Waals surface area contributed by atoms with E-state index in [4.69, 9.17) is 11.5 Å². The summed E-state index contributed by atoms with van der Waals surface area (Å²) in [5.74, 6) is -3.86. The van der Waals surface area contributed by atoms with E-state index < -0.39 is 60.4 Å². The molecule has 0 aliphatic rings. The molecule has 1 rings (SSSR count). The summed E-state index contributed by atoms with van der Waals surface area (Å²) < 4.78 is 0. The van der Waals surface area contributed by atoms with Crippen molar-refractivity contribution in [3.63, 3.8) is 0 Å². The van der Waals surface area contributed by atoms with Crippen molar-refractivity contribution in [2.45, 2.75) is 49.9 Å². The van der Waals surface area contributed by atoms with Crippen LogP contribution in [0.1, 0.15) is 25.0 Å². The first-order chi connectivity index (χ1) is 16.1. The van der Waals surface area contributed by atoms with Gasteiger partial charge in [-0.3, -0.25) is 19.2 Å². The Bertz CT molecular complexity index is 837. The molecule has 0 aromatic carbocycles. The number of nitrogens with two attached hydrogens (primary N) is 2. The van der Waals surface area contributed by atoms with Crippen molar-refractivity contribution in [1.29, 1.82) is 0 Å². The first kappa shape index (κ1) is 28.9. The number of carbonyl (C=O) groups excluding carboxylic acids is 4. The van der Waals surface area contributed by atoms with Gasteiger partial charge in [-0.2, -0.15) is 11.8 Å². The quantitative estimate of drug-likeness (QED) is 0.113. The summed E-state index contributed by atoms with van der Waals surface area (Å²) in [6.45, 7) is -0.810. The molecule has 34 heavy (non-hydrogen) atoms. The Labute approximate surface area is 200 Å². The summed E-state index contributed by atoms with van der Waals surface area (Å²) in [6, 6.07) is -5.00. The maximum atomic E-state index is 12.9. The lowest BCUT2D eigenvalue weighted by atomic mass is 10.1. The molecule has 0 fully saturated rings. The van der Waals surface area contributed by atoms with E-state index in [0.29, 0.717) is 11.4 Å². The molecule has 0 spiro atoms. The number of rotatable bonds is 16. The molecule has 10 N–H and O–H groups in total. The van der Waals surface area contributed by atoms with E-state index in [9.17, 15) is 34.2 Å². The molecule has 1 heterocycles. The molecule has 4 amide bonds. The summed E-state index contributed by atoms with van der Waals surface area (Å²) in [4.78, 5) is 66.7. The molecule has 15 heteroatoms. The molecule has 0 aliphatic heterocycles. The van der Waals surface area contributed by atoms with Gasteiger partial charge >= 0.3 is 5.97 Å². The molecule has 0 saturated carbocycles. The minimum atomic E-state index is -1.46. The van der Waals surface area contributed by atoms with Crippen LogP contribution in [-0.4, -0.2) is 92.6 Å². The van der Waals surface area contributed by atoms with Crippen molar-refractivity contribution in [1.82, 2.24) is 25.9 Å². The number of carboxylic acid groups (broad SMARTS) is 1. The highest BCUT2D eigenvalue weighted by molar-refractivity contribution is 7.98. The SMILES string of the molecule is CSCCC(NC(=O)C(CO)NC(=O)C(Cc1cnc[nH]1)NC(=O)C(N)CCC(N)=O)C(=O)O. The number of hydrogen-bond donors (Lipinski definition) is 8. The van der Waals surface area contributed by atoms with Gasteiger partial charge in [0.1, 0.15) is 18.1 Å². The highest BCUT2D eigenvalue weighted by Gasteiger charge is 2.30. The van der Waals surface area contributed by atoms with Crippen LogP contribution in [0, 0.1) is 0 Å². The predicted molar refractivity (Wildman–Crippen MR) is 122 cm³/mol. The molecular weight excluding hydrogens is 470 g/mol. The van der Waals surface area contributed by atoms with Crippen LogP contribution in [0.25, 0.3) is 0 Å². The Morgan fingerprint density at radius 1 is 1.06 bits per heavy atom. The Kier molecular flexibility index (Phi) is 12.6. The molecule has 190 valence electrons. The number of amides is 4. The van der Waals surface area contributed by atoms with E-state index in [2.05, 4.69) is 25.9 Å².